The van der Waals surface area contributed by atoms with Gasteiger partial charge in [-0.25, -0.2) is 0 Å². The number of hydrogen-bond acceptors (Lipinski definition) is 12. The fraction of sp³-hybridized carbons (Fsp3) is 0.778. The molecule has 8 N–H and O–H groups in total. The fourth-order valence-corrected chi connectivity index (χ4v) is 5.79. The van der Waals surface area contributed by atoms with Crippen molar-refractivity contribution in [1.29, 1.82) is 0 Å². The van der Waals surface area contributed by atoms with Crippen LogP contribution in [0, 0.1) is 5.92 Å². The van der Waals surface area contributed by atoms with Crippen molar-refractivity contribution in [1.82, 2.24) is 0 Å². The van der Waals surface area contributed by atoms with Gasteiger partial charge in [-0.05, 0) is 29.4 Å². The van der Waals surface area contributed by atoms with E-state index in [-0.39, 0.29) is 5.92 Å². The second-order valence-corrected chi connectivity index (χ2v) is 11.9. The van der Waals surface area contributed by atoms with E-state index in [9.17, 15) is 40.9 Å². The molecule has 0 saturated carbocycles. The first-order valence-corrected chi connectivity index (χ1v) is 14.2. The zero-order chi connectivity index (χ0) is 30.5. The van der Waals surface area contributed by atoms with Gasteiger partial charge in [0.05, 0.1) is 52.9 Å². The third-order valence-electron chi connectivity index (χ3n) is 8.99. The smallest absolute Gasteiger partial charge is 0.398 e. The molecule has 1 unspecified atom stereocenters. The normalized spacial score (nSPS) is 21.8. The maximum Gasteiger partial charge on any atom is 0.459 e. The molecular weight excluding hydrogens is 538 g/mol. The Morgan fingerprint density at radius 2 is 0.902 bits per heavy atom. The summed E-state index contributed by atoms with van der Waals surface area (Å²) in [7, 11) is -2.58. The Labute approximate surface area is 242 Å². The lowest BCUT2D eigenvalue weighted by Gasteiger charge is -2.39. The van der Waals surface area contributed by atoms with E-state index >= 15 is 0 Å². The van der Waals surface area contributed by atoms with Gasteiger partial charge in [-0.1, -0.05) is 57.9 Å². The molecule has 3 rings (SSSR count). The van der Waals surface area contributed by atoms with Gasteiger partial charge >= 0.3 is 14.2 Å². The highest BCUT2D eigenvalue weighted by atomic mass is 16.7. The van der Waals surface area contributed by atoms with Gasteiger partial charge in [-0.15, -0.1) is 0 Å². The molecule has 2 heterocycles. The Hall–Kier alpha value is -1.13. The summed E-state index contributed by atoms with van der Waals surface area (Å²) < 4.78 is 24.1. The summed E-state index contributed by atoms with van der Waals surface area (Å²) in [5.41, 5.74) is -5.92. The molecule has 41 heavy (non-hydrogen) atoms. The van der Waals surface area contributed by atoms with Crippen LogP contribution in [0.4, 0.5) is 0 Å². The summed E-state index contributed by atoms with van der Waals surface area (Å²) in [5, 5.41) is 81.2. The van der Waals surface area contributed by atoms with Crippen molar-refractivity contribution in [3.8, 4) is 0 Å². The number of rotatable bonds is 16. The van der Waals surface area contributed by atoms with E-state index in [0.29, 0.717) is 18.8 Å². The molecule has 0 radical (unpaired) electrons. The predicted octanol–water partition coefficient (Wildman–Crippen LogP) is -1.36. The fourth-order valence-electron chi connectivity index (χ4n) is 5.79. The molecule has 0 aliphatic carbocycles. The number of hydrogen-bond donors (Lipinski definition) is 8. The highest BCUT2D eigenvalue weighted by Crippen LogP contribution is 2.47. The lowest BCUT2D eigenvalue weighted by molar-refractivity contribution is -0.147. The summed E-state index contributed by atoms with van der Waals surface area (Å²) in [4.78, 5) is 0. The third-order valence-corrected chi connectivity index (χ3v) is 8.99. The standard InChI is InChI=1S/C27H46B2O12/c1-19(2)22-7-5-21(6-8-22)10-20(3)4-9-23(28-38-24(11-30,12-31)25(13-32,14-33)39-28)29-40-26(15-34,16-35)27(17-36,18-37)41-29/h5-8,19-20,23,30-37H,4,9-18H2,1-3H3. The van der Waals surface area contributed by atoms with E-state index in [1.54, 1.807) is 0 Å². The van der Waals surface area contributed by atoms with Gasteiger partial charge in [0.15, 0.2) is 0 Å². The van der Waals surface area contributed by atoms with Crippen LogP contribution in [-0.4, -0.2) is 130 Å². The average Bonchev–Trinajstić information content (AvgIpc) is 3.51. The van der Waals surface area contributed by atoms with Gasteiger partial charge in [0.2, 0.25) is 0 Å². The topological polar surface area (TPSA) is 199 Å². The molecule has 2 fully saturated rings. The number of benzene rings is 1. The van der Waals surface area contributed by atoms with Crippen LogP contribution < -0.4 is 0 Å². The molecule has 2 aliphatic rings. The Kier molecular flexibility index (Phi) is 11.8. The van der Waals surface area contributed by atoms with Crippen LogP contribution in [-0.2, 0) is 25.0 Å². The predicted molar refractivity (Wildman–Crippen MR) is 150 cm³/mol. The summed E-state index contributed by atoms with van der Waals surface area (Å²) in [5.74, 6) is 0.567. The van der Waals surface area contributed by atoms with Crippen LogP contribution in [0.1, 0.15) is 50.7 Å². The molecule has 0 spiro atoms. The SMILES string of the molecule is CC(CCC(B1OC(CO)(CO)C(CO)(CO)O1)B1OC(CO)(CO)C(CO)(CO)O1)Cc1ccc(C(C)C)cc1. The first-order valence-electron chi connectivity index (χ1n) is 14.2. The summed E-state index contributed by atoms with van der Waals surface area (Å²) in [6, 6.07) is 8.40. The minimum Gasteiger partial charge on any atom is -0.398 e. The van der Waals surface area contributed by atoms with Gasteiger partial charge in [0, 0.05) is 5.72 Å². The Morgan fingerprint density at radius 3 is 1.20 bits per heavy atom. The van der Waals surface area contributed by atoms with Crippen LogP contribution in [0.25, 0.3) is 0 Å². The minimum atomic E-state index is -1.86. The molecule has 2 saturated heterocycles. The first kappa shape index (κ1) is 34.4. The molecule has 1 aromatic carbocycles. The zero-order valence-electron chi connectivity index (χ0n) is 24.2. The van der Waals surface area contributed by atoms with E-state index < -0.39 is 95.2 Å². The van der Waals surface area contributed by atoms with Crippen LogP contribution in [0.5, 0.6) is 0 Å². The molecule has 1 atom stereocenters. The molecule has 0 aromatic heterocycles. The molecule has 12 nitrogen and oxygen atoms in total. The van der Waals surface area contributed by atoms with Gasteiger partial charge in [-0.2, -0.15) is 0 Å². The zero-order valence-corrected chi connectivity index (χ0v) is 24.2. The molecule has 1 aromatic rings. The first-order chi connectivity index (χ1) is 19.5. The molecule has 0 bridgehead atoms. The largest absolute Gasteiger partial charge is 0.459 e. The molecular formula is C27H46B2O12. The maximum atomic E-state index is 10.2. The van der Waals surface area contributed by atoms with Gasteiger partial charge in [-0.3, -0.25) is 0 Å². The summed E-state index contributed by atoms with van der Waals surface area (Å²) in [6.07, 6.45) is 1.64. The maximum absolute atomic E-state index is 10.2. The van der Waals surface area contributed by atoms with Crippen LogP contribution in [0.2, 0.25) is 5.72 Å². The van der Waals surface area contributed by atoms with E-state index in [1.165, 1.54) is 5.56 Å². The van der Waals surface area contributed by atoms with Crippen molar-refractivity contribution in [2.24, 2.45) is 5.92 Å². The van der Waals surface area contributed by atoms with Crippen molar-refractivity contribution in [3.05, 3.63) is 35.4 Å². The van der Waals surface area contributed by atoms with Crippen LogP contribution in [0.3, 0.4) is 0 Å². The van der Waals surface area contributed by atoms with Crippen molar-refractivity contribution in [2.45, 2.75) is 74.1 Å². The van der Waals surface area contributed by atoms with Crippen molar-refractivity contribution < 1.29 is 59.5 Å². The second-order valence-electron chi connectivity index (χ2n) is 11.9. The minimum absolute atomic E-state index is 0.145. The van der Waals surface area contributed by atoms with Crippen LogP contribution in [0.15, 0.2) is 24.3 Å². The molecule has 232 valence electrons. The van der Waals surface area contributed by atoms with Crippen molar-refractivity contribution >= 4 is 14.2 Å². The number of aliphatic hydroxyl groups excluding tert-OH is 8. The monoisotopic (exact) mass is 584 g/mol. The van der Waals surface area contributed by atoms with Crippen molar-refractivity contribution in [3.63, 3.8) is 0 Å². The van der Waals surface area contributed by atoms with E-state index in [1.807, 2.05) is 0 Å². The molecule has 2 aliphatic heterocycles. The summed E-state index contributed by atoms with van der Waals surface area (Å²) in [6.45, 7) is 0.0862. The quantitative estimate of drug-likeness (QED) is 0.106. The van der Waals surface area contributed by atoms with Gasteiger partial charge in [0.25, 0.3) is 0 Å². The molecule has 0 amide bonds. The highest BCUT2D eigenvalue weighted by Gasteiger charge is 2.69. The van der Waals surface area contributed by atoms with E-state index in [2.05, 4.69) is 45.0 Å². The van der Waals surface area contributed by atoms with Gasteiger partial charge < -0.3 is 59.5 Å². The average molecular weight is 584 g/mol. The molecule has 14 heteroatoms. The summed E-state index contributed by atoms with van der Waals surface area (Å²) >= 11 is 0. The number of aliphatic hydroxyl groups is 8. The second kappa shape index (κ2) is 14.1. The van der Waals surface area contributed by atoms with Gasteiger partial charge in [0.1, 0.15) is 22.4 Å². The lowest BCUT2D eigenvalue weighted by atomic mass is 9.49. The Bertz CT molecular complexity index is 849. The van der Waals surface area contributed by atoms with Crippen LogP contribution >= 0.6 is 0 Å². The third kappa shape index (κ3) is 6.26. The van der Waals surface area contributed by atoms with Crippen molar-refractivity contribution in [2.75, 3.05) is 52.9 Å². The van der Waals surface area contributed by atoms with E-state index in [0.717, 1.165) is 12.0 Å². The highest BCUT2D eigenvalue weighted by molar-refractivity contribution is 6.68. The lowest BCUT2D eigenvalue weighted by Crippen LogP contribution is -2.61. The Morgan fingerprint density at radius 1 is 0.561 bits per heavy atom. The Balaban J connectivity index is 1.90. The van der Waals surface area contributed by atoms with E-state index in [4.69, 9.17) is 18.6 Å².